The van der Waals surface area contributed by atoms with E-state index in [0.29, 0.717) is 34.1 Å². The topological polar surface area (TPSA) is 47.4 Å². The molecule has 168 valence electrons. The minimum Gasteiger partial charge on any atom is -0.378 e. The van der Waals surface area contributed by atoms with Gasteiger partial charge in [0.15, 0.2) is 0 Å². The van der Waals surface area contributed by atoms with Gasteiger partial charge in [-0.15, -0.1) is 0 Å². The Morgan fingerprint density at radius 2 is 1.84 bits per heavy atom. The van der Waals surface area contributed by atoms with Gasteiger partial charge in [-0.05, 0) is 70.1 Å². The lowest BCUT2D eigenvalue weighted by Crippen LogP contribution is -2.45. The number of aromatic nitrogens is 2. The second-order valence-corrected chi connectivity index (χ2v) is 9.82. The molecule has 3 heterocycles. The molecule has 5 nitrogen and oxygen atoms in total. The van der Waals surface area contributed by atoms with Crippen LogP contribution < -0.4 is 10.5 Å². The highest BCUT2D eigenvalue weighted by molar-refractivity contribution is 6.33. The smallest absolute Gasteiger partial charge is 0.263 e. The number of ether oxygens (including phenoxy) is 1. The Bertz CT molecular complexity index is 1050. The van der Waals surface area contributed by atoms with E-state index in [4.69, 9.17) is 21.3 Å². The molecule has 2 aromatic rings. The van der Waals surface area contributed by atoms with E-state index in [0.717, 1.165) is 50.3 Å². The molecule has 4 rings (SSSR count). The summed E-state index contributed by atoms with van der Waals surface area (Å²) in [6.45, 7) is 15.1. The second-order valence-electron chi connectivity index (χ2n) is 9.44. The van der Waals surface area contributed by atoms with Gasteiger partial charge in [-0.25, -0.2) is 4.98 Å². The molecule has 1 aromatic heterocycles. The van der Waals surface area contributed by atoms with Gasteiger partial charge in [0.2, 0.25) is 0 Å². The highest BCUT2D eigenvalue weighted by Crippen LogP contribution is 2.46. The van der Waals surface area contributed by atoms with Crippen LogP contribution in [0.1, 0.15) is 56.1 Å². The standard InChI is InChI=1S/C25H34ClN3O2/c1-7-20-8-9-21(22(26)15(20)2)29-19(6)27-23(16(3)24(29)30)28-12-10-25(11-13-28)14-31-18(5)17(25)4/h8-9,17-18H,7,10-14H2,1-6H3/t17-,18+/m1/s1. The molecule has 0 amide bonds. The van der Waals surface area contributed by atoms with Gasteiger partial charge >= 0.3 is 0 Å². The third-order valence-electron chi connectivity index (χ3n) is 7.91. The Labute approximate surface area is 190 Å². The van der Waals surface area contributed by atoms with Crippen molar-refractivity contribution in [2.45, 2.75) is 66.9 Å². The third-order valence-corrected chi connectivity index (χ3v) is 8.39. The number of benzene rings is 1. The summed E-state index contributed by atoms with van der Waals surface area (Å²) in [4.78, 5) is 20.6. The van der Waals surface area contributed by atoms with Crippen molar-refractivity contribution in [1.82, 2.24) is 9.55 Å². The summed E-state index contributed by atoms with van der Waals surface area (Å²) in [5.74, 6) is 2.05. The molecule has 0 saturated carbocycles. The summed E-state index contributed by atoms with van der Waals surface area (Å²) < 4.78 is 7.62. The van der Waals surface area contributed by atoms with Gasteiger partial charge < -0.3 is 9.64 Å². The third kappa shape index (κ3) is 3.60. The first-order valence-electron chi connectivity index (χ1n) is 11.5. The van der Waals surface area contributed by atoms with Crippen LogP contribution in [0, 0.1) is 32.1 Å². The van der Waals surface area contributed by atoms with Crippen molar-refractivity contribution in [2.24, 2.45) is 11.3 Å². The molecule has 2 atom stereocenters. The summed E-state index contributed by atoms with van der Waals surface area (Å²) in [5.41, 5.74) is 3.84. The molecule has 0 N–H and O–H groups in total. The normalized spacial score (nSPS) is 23.0. The van der Waals surface area contributed by atoms with Crippen LogP contribution >= 0.6 is 11.6 Å². The summed E-state index contributed by atoms with van der Waals surface area (Å²) >= 11 is 6.68. The fraction of sp³-hybridized carbons (Fsp3) is 0.600. The Morgan fingerprint density at radius 3 is 2.42 bits per heavy atom. The highest BCUT2D eigenvalue weighted by atomic mass is 35.5. The molecule has 6 heteroatoms. The van der Waals surface area contributed by atoms with Gasteiger partial charge in [0.05, 0.1) is 29.0 Å². The molecule has 0 unspecified atom stereocenters. The molecule has 1 spiro atoms. The summed E-state index contributed by atoms with van der Waals surface area (Å²) in [5, 5.41) is 0.628. The summed E-state index contributed by atoms with van der Waals surface area (Å²) in [6, 6.07) is 4.00. The van der Waals surface area contributed by atoms with Crippen LogP contribution in [0.25, 0.3) is 5.69 Å². The number of nitrogens with zero attached hydrogens (tertiary/aromatic N) is 3. The van der Waals surface area contributed by atoms with Gasteiger partial charge in [-0.1, -0.05) is 31.5 Å². The number of piperidine rings is 1. The van der Waals surface area contributed by atoms with Crippen molar-refractivity contribution in [3.8, 4) is 5.69 Å². The number of rotatable bonds is 3. The van der Waals surface area contributed by atoms with Crippen LogP contribution in [0.5, 0.6) is 0 Å². The maximum absolute atomic E-state index is 13.4. The van der Waals surface area contributed by atoms with E-state index in [2.05, 4.69) is 31.7 Å². The lowest BCUT2D eigenvalue weighted by molar-refractivity contribution is 0.0969. The van der Waals surface area contributed by atoms with Crippen LogP contribution in [0.4, 0.5) is 5.82 Å². The quantitative estimate of drug-likeness (QED) is 0.668. The predicted molar refractivity (Wildman–Crippen MR) is 127 cm³/mol. The average molecular weight is 444 g/mol. The largest absolute Gasteiger partial charge is 0.378 e. The van der Waals surface area contributed by atoms with Crippen molar-refractivity contribution >= 4 is 17.4 Å². The fourth-order valence-electron chi connectivity index (χ4n) is 5.39. The first-order valence-corrected chi connectivity index (χ1v) is 11.8. The van der Waals surface area contributed by atoms with E-state index >= 15 is 0 Å². The van der Waals surface area contributed by atoms with Gasteiger partial charge in [-0.2, -0.15) is 0 Å². The van der Waals surface area contributed by atoms with Crippen LogP contribution in [-0.4, -0.2) is 35.4 Å². The predicted octanol–water partition coefficient (Wildman–Crippen LogP) is 5.01. The van der Waals surface area contributed by atoms with Gasteiger partial charge in [0, 0.05) is 18.5 Å². The first-order chi connectivity index (χ1) is 14.7. The molecule has 31 heavy (non-hydrogen) atoms. The zero-order valence-corrected chi connectivity index (χ0v) is 20.3. The van der Waals surface area contributed by atoms with E-state index in [9.17, 15) is 4.79 Å². The maximum Gasteiger partial charge on any atom is 0.263 e. The Hall–Kier alpha value is -1.85. The van der Waals surface area contributed by atoms with E-state index in [1.165, 1.54) is 5.56 Å². The lowest BCUT2D eigenvalue weighted by Gasteiger charge is -2.42. The first kappa shape index (κ1) is 22.3. The SMILES string of the molecule is CCc1ccc(-n2c(C)nc(N3CCC4(CC3)CO[C@@H](C)[C@H]4C)c(C)c2=O)c(Cl)c1C. The monoisotopic (exact) mass is 443 g/mol. The molecule has 1 aromatic carbocycles. The van der Waals surface area contributed by atoms with Crippen LogP contribution in [0.3, 0.4) is 0 Å². The minimum absolute atomic E-state index is 0.0421. The molecule has 0 aliphatic carbocycles. The molecule has 2 aliphatic rings. The number of halogens is 1. The molecule has 2 saturated heterocycles. The molecule has 0 radical (unpaired) electrons. The van der Waals surface area contributed by atoms with Gasteiger partial charge in [0.25, 0.3) is 5.56 Å². The lowest BCUT2D eigenvalue weighted by atomic mass is 9.70. The van der Waals surface area contributed by atoms with E-state index in [-0.39, 0.29) is 11.0 Å². The van der Waals surface area contributed by atoms with Crippen molar-refractivity contribution in [3.63, 3.8) is 0 Å². The van der Waals surface area contributed by atoms with Crippen molar-refractivity contribution in [1.29, 1.82) is 0 Å². The van der Waals surface area contributed by atoms with E-state index in [1.807, 2.05) is 26.8 Å². The number of anilines is 1. The van der Waals surface area contributed by atoms with Crippen molar-refractivity contribution in [3.05, 3.63) is 50.0 Å². The van der Waals surface area contributed by atoms with Crippen molar-refractivity contribution < 1.29 is 4.74 Å². The minimum atomic E-state index is -0.0421. The van der Waals surface area contributed by atoms with Crippen LogP contribution in [-0.2, 0) is 11.2 Å². The Morgan fingerprint density at radius 1 is 1.16 bits per heavy atom. The highest BCUT2D eigenvalue weighted by Gasteiger charge is 2.47. The Kier molecular flexibility index (Phi) is 5.95. The second kappa shape index (κ2) is 8.25. The van der Waals surface area contributed by atoms with E-state index < -0.39 is 0 Å². The average Bonchev–Trinajstić information content (AvgIpc) is 3.03. The number of hydrogen-bond acceptors (Lipinski definition) is 4. The van der Waals surface area contributed by atoms with Crippen molar-refractivity contribution in [2.75, 3.05) is 24.6 Å². The van der Waals surface area contributed by atoms with Gasteiger partial charge in [-0.3, -0.25) is 9.36 Å². The number of hydrogen-bond donors (Lipinski definition) is 0. The molecule has 0 bridgehead atoms. The zero-order valence-electron chi connectivity index (χ0n) is 19.6. The molecule has 2 fully saturated rings. The molecular formula is C25H34ClN3O2. The zero-order chi connectivity index (χ0) is 22.5. The molecular weight excluding hydrogens is 410 g/mol. The van der Waals surface area contributed by atoms with Crippen LogP contribution in [0.2, 0.25) is 5.02 Å². The van der Waals surface area contributed by atoms with Gasteiger partial charge in [0.1, 0.15) is 11.6 Å². The summed E-state index contributed by atoms with van der Waals surface area (Å²) in [7, 11) is 0. The Balaban J connectivity index is 1.66. The van der Waals surface area contributed by atoms with Crippen LogP contribution in [0.15, 0.2) is 16.9 Å². The molecule has 2 aliphatic heterocycles. The summed E-state index contributed by atoms with van der Waals surface area (Å²) in [6.07, 6.45) is 3.38. The number of aryl methyl sites for hydroxylation is 2. The fourth-order valence-corrected chi connectivity index (χ4v) is 5.66. The maximum atomic E-state index is 13.4. The van der Waals surface area contributed by atoms with E-state index in [1.54, 1.807) is 4.57 Å².